The zero-order valence-electron chi connectivity index (χ0n) is 14.9. The fourth-order valence-corrected chi connectivity index (χ4v) is 3.62. The van der Waals surface area contributed by atoms with Gasteiger partial charge in [-0.05, 0) is 37.1 Å². The van der Waals surface area contributed by atoms with Crippen molar-refractivity contribution in [1.82, 2.24) is 24.6 Å². The molecule has 2 aromatic heterocycles. The van der Waals surface area contributed by atoms with E-state index in [2.05, 4.69) is 15.1 Å². The van der Waals surface area contributed by atoms with Crippen LogP contribution in [0.3, 0.4) is 0 Å². The average molecular weight is 368 g/mol. The molecule has 0 atom stereocenters. The van der Waals surface area contributed by atoms with Gasteiger partial charge in [-0.1, -0.05) is 0 Å². The molecule has 0 spiro atoms. The molecule has 0 radical (unpaired) electrons. The van der Waals surface area contributed by atoms with Crippen molar-refractivity contribution in [2.45, 2.75) is 31.7 Å². The molecule has 140 valence electrons. The quantitative estimate of drug-likeness (QED) is 0.763. The lowest BCUT2D eigenvalue weighted by Crippen LogP contribution is -2.38. The molecule has 7 nitrogen and oxygen atoms in total. The zero-order chi connectivity index (χ0) is 18.8. The molecule has 1 amide bonds. The van der Waals surface area contributed by atoms with Crippen molar-refractivity contribution in [1.29, 1.82) is 0 Å². The molecule has 1 aromatic carbocycles. The summed E-state index contributed by atoms with van der Waals surface area (Å²) in [6, 6.07) is 6.32. The summed E-state index contributed by atoms with van der Waals surface area (Å²) in [4.78, 5) is 22.8. The standard InChI is InChI=1S/C19H21FN6O/c20-15-1-2-17-14(9-15)10-16(21)19(24-17)13-3-6-25(7-4-13)18(27)5-8-26-12-22-11-23-26/h1-2,9-13H,3-8,21H2. The van der Waals surface area contributed by atoms with Crippen molar-refractivity contribution in [3.63, 3.8) is 0 Å². The maximum atomic E-state index is 13.4. The van der Waals surface area contributed by atoms with Crippen LogP contribution in [0.2, 0.25) is 0 Å². The first-order valence-electron chi connectivity index (χ1n) is 9.06. The summed E-state index contributed by atoms with van der Waals surface area (Å²) in [5, 5.41) is 4.72. The van der Waals surface area contributed by atoms with Crippen LogP contribution in [0.25, 0.3) is 10.9 Å². The summed E-state index contributed by atoms with van der Waals surface area (Å²) >= 11 is 0. The van der Waals surface area contributed by atoms with Crippen LogP contribution in [0.1, 0.15) is 30.9 Å². The van der Waals surface area contributed by atoms with Crippen LogP contribution in [0, 0.1) is 5.82 Å². The predicted molar refractivity (Wildman–Crippen MR) is 99.3 cm³/mol. The number of nitrogens with zero attached hydrogens (tertiary/aromatic N) is 5. The maximum Gasteiger partial charge on any atom is 0.224 e. The molecule has 27 heavy (non-hydrogen) atoms. The van der Waals surface area contributed by atoms with Crippen LogP contribution in [0.15, 0.2) is 36.9 Å². The number of nitrogens with two attached hydrogens (primary N) is 1. The van der Waals surface area contributed by atoms with Gasteiger partial charge >= 0.3 is 0 Å². The topological polar surface area (TPSA) is 89.9 Å². The van der Waals surface area contributed by atoms with Gasteiger partial charge in [0.15, 0.2) is 0 Å². The lowest BCUT2D eigenvalue weighted by atomic mass is 9.91. The van der Waals surface area contributed by atoms with E-state index in [0.29, 0.717) is 37.1 Å². The number of rotatable bonds is 4. The van der Waals surface area contributed by atoms with Gasteiger partial charge in [0.05, 0.1) is 23.4 Å². The van der Waals surface area contributed by atoms with Crippen LogP contribution in [0.4, 0.5) is 10.1 Å². The summed E-state index contributed by atoms with van der Waals surface area (Å²) in [7, 11) is 0. The molecule has 3 aromatic rings. The average Bonchev–Trinajstić information content (AvgIpc) is 3.19. The second-order valence-electron chi connectivity index (χ2n) is 6.86. The first-order valence-corrected chi connectivity index (χ1v) is 9.06. The normalized spacial score (nSPS) is 15.4. The van der Waals surface area contributed by atoms with Gasteiger partial charge in [-0.2, -0.15) is 5.10 Å². The van der Waals surface area contributed by atoms with Crippen molar-refractivity contribution >= 4 is 22.5 Å². The first-order chi connectivity index (χ1) is 13.1. The number of hydrogen-bond donors (Lipinski definition) is 1. The molecule has 0 aliphatic carbocycles. The fraction of sp³-hybridized carbons (Fsp3) is 0.368. The van der Waals surface area contributed by atoms with E-state index in [4.69, 9.17) is 5.73 Å². The van der Waals surface area contributed by atoms with Gasteiger partial charge in [-0.25, -0.2) is 9.37 Å². The van der Waals surface area contributed by atoms with Crippen LogP contribution in [-0.4, -0.2) is 43.6 Å². The van der Waals surface area contributed by atoms with Gasteiger partial charge < -0.3 is 10.6 Å². The monoisotopic (exact) mass is 368 g/mol. The van der Waals surface area contributed by atoms with Gasteiger partial charge in [0, 0.05) is 30.8 Å². The molecule has 0 unspecified atom stereocenters. The van der Waals surface area contributed by atoms with Gasteiger partial charge in [0.2, 0.25) is 5.91 Å². The largest absolute Gasteiger partial charge is 0.397 e. The lowest BCUT2D eigenvalue weighted by molar-refractivity contribution is -0.132. The Hall–Kier alpha value is -3.03. The summed E-state index contributed by atoms with van der Waals surface area (Å²) in [6.45, 7) is 1.90. The number of carbonyl (C=O) groups excluding carboxylic acids is 1. The Morgan fingerprint density at radius 3 is 2.81 bits per heavy atom. The Kier molecular flexibility index (Phi) is 4.70. The number of benzene rings is 1. The van der Waals surface area contributed by atoms with Crippen molar-refractivity contribution < 1.29 is 9.18 Å². The number of aromatic nitrogens is 4. The number of piperidine rings is 1. The van der Waals surface area contributed by atoms with Gasteiger partial charge in [0.1, 0.15) is 18.5 Å². The number of anilines is 1. The number of pyridine rings is 1. The summed E-state index contributed by atoms with van der Waals surface area (Å²) in [5.74, 6) is 0.0341. The van der Waals surface area contributed by atoms with E-state index in [1.807, 2.05) is 4.90 Å². The van der Waals surface area contributed by atoms with E-state index >= 15 is 0 Å². The smallest absolute Gasteiger partial charge is 0.224 e. The van der Waals surface area contributed by atoms with E-state index in [-0.39, 0.29) is 17.6 Å². The molecule has 0 saturated carbocycles. The summed E-state index contributed by atoms with van der Waals surface area (Å²) in [5.41, 5.74) is 8.36. The number of carbonyl (C=O) groups is 1. The third-order valence-electron chi connectivity index (χ3n) is 5.09. The highest BCUT2D eigenvalue weighted by Gasteiger charge is 2.26. The molecular weight excluding hydrogens is 347 g/mol. The highest BCUT2D eigenvalue weighted by atomic mass is 19.1. The lowest BCUT2D eigenvalue weighted by Gasteiger charge is -2.32. The number of nitrogen functional groups attached to an aromatic ring is 1. The van der Waals surface area contributed by atoms with E-state index in [9.17, 15) is 9.18 Å². The highest BCUT2D eigenvalue weighted by molar-refractivity contribution is 5.82. The van der Waals surface area contributed by atoms with Gasteiger partial charge in [-0.3, -0.25) is 14.5 Å². The van der Waals surface area contributed by atoms with Crippen molar-refractivity contribution in [2.24, 2.45) is 0 Å². The van der Waals surface area contributed by atoms with Crippen LogP contribution >= 0.6 is 0 Å². The Morgan fingerprint density at radius 2 is 2.07 bits per heavy atom. The van der Waals surface area contributed by atoms with Crippen molar-refractivity contribution in [3.8, 4) is 0 Å². The summed E-state index contributed by atoms with van der Waals surface area (Å²) in [6.07, 6.45) is 5.12. The first kappa shape index (κ1) is 17.4. The van der Waals surface area contributed by atoms with E-state index in [1.165, 1.54) is 18.5 Å². The fourth-order valence-electron chi connectivity index (χ4n) is 3.62. The minimum atomic E-state index is -0.297. The number of halogens is 1. The number of likely N-dealkylation sites (tertiary alicyclic amines) is 1. The molecule has 1 fully saturated rings. The van der Waals surface area contributed by atoms with E-state index in [0.717, 1.165) is 24.1 Å². The zero-order valence-corrected chi connectivity index (χ0v) is 14.9. The second kappa shape index (κ2) is 7.30. The molecule has 4 rings (SSSR count). The Morgan fingerprint density at radius 1 is 1.26 bits per heavy atom. The number of fused-ring (bicyclic) bond motifs is 1. The molecular formula is C19H21FN6O. The van der Waals surface area contributed by atoms with E-state index < -0.39 is 0 Å². The molecule has 3 heterocycles. The summed E-state index contributed by atoms with van der Waals surface area (Å²) < 4.78 is 15.0. The third-order valence-corrected chi connectivity index (χ3v) is 5.09. The molecule has 1 saturated heterocycles. The predicted octanol–water partition coefficient (Wildman–Crippen LogP) is 2.34. The SMILES string of the molecule is Nc1cc2cc(F)ccc2nc1C1CCN(C(=O)CCn2cncn2)CC1. The van der Waals surface area contributed by atoms with Crippen LogP contribution in [0.5, 0.6) is 0 Å². The van der Waals surface area contributed by atoms with Crippen LogP contribution < -0.4 is 5.73 Å². The highest BCUT2D eigenvalue weighted by Crippen LogP contribution is 2.32. The number of aryl methyl sites for hydroxylation is 1. The molecule has 1 aliphatic rings. The minimum Gasteiger partial charge on any atom is -0.397 e. The number of hydrogen-bond acceptors (Lipinski definition) is 5. The Balaban J connectivity index is 1.40. The van der Waals surface area contributed by atoms with Gasteiger partial charge in [-0.15, -0.1) is 0 Å². The molecule has 8 heteroatoms. The minimum absolute atomic E-state index is 0.124. The molecule has 1 aliphatic heterocycles. The third kappa shape index (κ3) is 3.74. The molecule has 0 bridgehead atoms. The maximum absolute atomic E-state index is 13.4. The van der Waals surface area contributed by atoms with Crippen LogP contribution in [-0.2, 0) is 11.3 Å². The van der Waals surface area contributed by atoms with Crippen molar-refractivity contribution in [3.05, 3.63) is 48.4 Å². The number of amides is 1. The second-order valence-corrected chi connectivity index (χ2v) is 6.86. The van der Waals surface area contributed by atoms with E-state index in [1.54, 1.807) is 23.1 Å². The molecule has 2 N–H and O–H groups in total. The Bertz CT molecular complexity index is 950. The Labute approximate surface area is 156 Å². The van der Waals surface area contributed by atoms with Crippen molar-refractivity contribution in [2.75, 3.05) is 18.8 Å². The van der Waals surface area contributed by atoms with Gasteiger partial charge in [0.25, 0.3) is 0 Å².